The maximum Gasteiger partial charge on any atom is 0.192 e. The number of hydrogen-bond acceptors (Lipinski definition) is 3. The lowest BCUT2D eigenvalue weighted by atomic mass is 9.80. The average molecular weight is 204 g/mol. The molecule has 1 saturated carbocycles. The summed E-state index contributed by atoms with van der Waals surface area (Å²) >= 11 is 0. The van der Waals surface area contributed by atoms with Crippen LogP contribution in [0.1, 0.15) is 54.7 Å². The van der Waals surface area contributed by atoms with Crippen molar-refractivity contribution in [2.24, 2.45) is 5.92 Å². The van der Waals surface area contributed by atoms with Gasteiger partial charge >= 0.3 is 0 Å². The molecule has 0 saturated heterocycles. The summed E-state index contributed by atoms with van der Waals surface area (Å²) in [6, 6.07) is 0. The zero-order chi connectivity index (χ0) is 10.7. The molecule has 0 spiro atoms. The SMILES string of the molecule is CC1CCC(c2cnc(C=O)nc2)CC1. The van der Waals surface area contributed by atoms with E-state index in [1.165, 1.54) is 31.2 Å². The Kier molecular flexibility index (Phi) is 3.09. The van der Waals surface area contributed by atoms with Gasteiger partial charge in [-0.05, 0) is 30.2 Å². The van der Waals surface area contributed by atoms with Crippen molar-refractivity contribution in [2.45, 2.75) is 38.5 Å². The molecule has 15 heavy (non-hydrogen) atoms. The fourth-order valence-corrected chi connectivity index (χ4v) is 2.21. The molecule has 3 nitrogen and oxygen atoms in total. The second-order valence-electron chi connectivity index (χ2n) is 4.45. The summed E-state index contributed by atoms with van der Waals surface area (Å²) in [5, 5.41) is 0. The number of rotatable bonds is 2. The lowest BCUT2D eigenvalue weighted by Gasteiger charge is -2.25. The first-order chi connectivity index (χ1) is 7.29. The fraction of sp³-hybridized carbons (Fsp3) is 0.583. The summed E-state index contributed by atoms with van der Waals surface area (Å²) in [4.78, 5) is 18.4. The van der Waals surface area contributed by atoms with Crippen LogP contribution in [0.4, 0.5) is 0 Å². The summed E-state index contributed by atoms with van der Waals surface area (Å²) in [5.74, 6) is 1.74. The van der Waals surface area contributed by atoms with Gasteiger partial charge in [0.15, 0.2) is 12.1 Å². The maximum absolute atomic E-state index is 10.4. The molecule has 0 radical (unpaired) electrons. The van der Waals surface area contributed by atoms with E-state index in [9.17, 15) is 4.79 Å². The smallest absolute Gasteiger partial charge is 0.192 e. The van der Waals surface area contributed by atoms with E-state index in [0.29, 0.717) is 12.2 Å². The van der Waals surface area contributed by atoms with E-state index >= 15 is 0 Å². The number of aldehydes is 1. The third kappa shape index (κ3) is 2.41. The number of nitrogens with zero attached hydrogens (tertiary/aromatic N) is 2. The van der Waals surface area contributed by atoms with Crippen LogP contribution in [0, 0.1) is 5.92 Å². The summed E-state index contributed by atoms with van der Waals surface area (Å²) < 4.78 is 0. The highest BCUT2D eigenvalue weighted by atomic mass is 16.1. The normalized spacial score (nSPS) is 26.2. The van der Waals surface area contributed by atoms with Gasteiger partial charge in [0.1, 0.15) is 0 Å². The molecule has 1 fully saturated rings. The molecule has 1 heterocycles. The molecule has 1 aromatic rings. The van der Waals surface area contributed by atoms with E-state index in [1.54, 1.807) is 12.4 Å². The molecule has 1 aliphatic rings. The second-order valence-corrected chi connectivity index (χ2v) is 4.45. The van der Waals surface area contributed by atoms with Crippen molar-refractivity contribution in [3.63, 3.8) is 0 Å². The van der Waals surface area contributed by atoms with Crippen LogP contribution in [-0.4, -0.2) is 16.3 Å². The van der Waals surface area contributed by atoms with Gasteiger partial charge in [0, 0.05) is 12.4 Å². The summed E-state index contributed by atoms with van der Waals surface area (Å²) in [6.45, 7) is 2.31. The van der Waals surface area contributed by atoms with E-state index in [-0.39, 0.29) is 5.82 Å². The van der Waals surface area contributed by atoms with E-state index in [4.69, 9.17) is 0 Å². The van der Waals surface area contributed by atoms with Crippen molar-refractivity contribution in [3.05, 3.63) is 23.8 Å². The van der Waals surface area contributed by atoms with Gasteiger partial charge in [-0.2, -0.15) is 0 Å². The first-order valence-electron chi connectivity index (χ1n) is 5.56. The highest BCUT2D eigenvalue weighted by molar-refractivity contribution is 5.68. The molecule has 0 aliphatic heterocycles. The van der Waals surface area contributed by atoms with Gasteiger partial charge in [0.05, 0.1) is 0 Å². The Labute approximate surface area is 89.9 Å². The Morgan fingerprint density at radius 3 is 2.33 bits per heavy atom. The second kappa shape index (κ2) is 4.51. The third-order valence-corrected chi connectivity index (χ3v) is 3.28. The van der Waals surface area contributed by atoms with Crippen LogP contribution in [0.15, 0.2) is 12.4 Å². The van der Waals surface area contributed by atoms with Crippen LogP contribution in [-0.2, 0) is 0 Å². The fourth-order valence-electron chi connectivity index (χ4n) is 2.21. The molecule has 0 aromatic carbocycles. The lowest BCUT2D eigenvalue weighted by molar-refractivity contribution is 0.111. The molecule has 1 aromatic heterocycles. The van der Waals surface area contributed by atoms with E-state index in [1.807, 2.05) is 0 Å². The molecular weight excluding hydrogens is 188 g/mol. The van der Waals surface area contributed by atoms with Crippen molar-refractivity contribution in [2.75, 3.05) is 0 Å². The zero-order valence-electron chi connectivity index (χ0n) is 9.02. The predicted molar refractivity (Wildman–Crippen MR) is 57.8 cm³/mol. The highest BCUT2D eigenvalue weighted by Gasteiger charge is 2.20. The summed E-state index contributed by atoms with van der Waals surface area (Å²) in [7, 11) is 0. The first kappa shape index (κ1) is 10.3. The van der Waals surface area contributed by atoms with Gasteiger partial charge in [-0.1, -0.05) is 19.8 Å². The average Bonchev–Trinajstić information content (AvgIpc) is 2.30. The van der Waals surface area contributed by atoms with E-state index in [0.717, 1.165) is 5.92 Å². The van der Waals surface area contributed by atoms with Crippen LogP contribution in [0.2, 0.25) is 0 Å². The number of hydrogen-bond donors (Lipinski definition) is 0. The molecule has 0 amide bonds. The predicted octanol–water partition coefficient (Wildman–Crippen LogP) is 2.58. The number of aromatic nitrogens is 2. The molecule has 80 valence electrons. The molecule has 3 heteroatoms. The lowest BCUT2D eigenvalue weighted by Crippen LogP contribution is -2.11. The monoisotopic (exact) mass is 204 g/mol. The molecular formula is C12H16N2O. The van der Waals surface area contributed by atoms with Gasteiger partial charge in [-0.25, -0.2) is 9.97 Å². The van der Waals surface area contributed by atoms with Crippen molar-refractivity contribution >= 4 is 6.29 Å². The molecule has 2 rings (SSSR count). The first-order valence-corrected chi connectivity index (χ1v) is 5.56. The minimum Gasteiger partial charge on any atom is -0.294 e. The van der Waals surface area contributed by atoms with Gasteiger partial charge < -0.3 is 0 Å². The highest BCUT2D eigenvalue weighted by Crippen LogP contribution is 2.34. The Morgan fingerprint density at radius 1 is 1.20 bits per heavy atom. The molecule has 0 bridgehead atoms. The van der Waals surface area contributed by atoms with Gasteiger partial charge in [0.2, 0.25) is 0 Å². The minimum absolute atomic E-state index is 0.280. The van der Waals surface area contributed by atoms with E-state index < -0.39 is 0 Å². The standard InChI is InChI=1S/C12H16N2O/c1-9-2-4-10(5-3-9)11-6-13-12(8-15)14-7-11/h6-10H,2-5H2,1H3. The molecule has 0 N–H and O–H groups in total. The Bertz CT molecular complexity index is 326. The minimum atomic E-state index is 0.280. The van der Waals surface area contributed by atoms with Crippen molar-refractivity contribution < 1.29 is 4.79 Å². The van der Waals surface area contributed by atoms with Crippen LogP contribution in [0.3, 0.4) is 0 Å². The number of carbonyl (C=O) groups excluding carboxylic acids is 1. The topological polar surface area (TPSA) is 42.9 Å². The molecule has 0 atom stereocenters. The molecule has 0 unspecified atom stereocenters. The van der Waals surface area contributed by atoms with Gasteiger partial charge in [0.25, 0.3) is 0 Å². The zero-order valence-corrected chi connectivity index (χ0v) is 9.02. The third-order valence-electron chi connectivity index (χ3n) is 3.28. The van der Waals surface area contributed by atoms with Crippen LogP contribution in [0.25, 0.3) is 0 Å². The number of carbonyl (C=O) groups is 1. The Hall–Kier alpha value is -1.25. The van der Waals surface area contributed by atoms with Crippen LogP contribution >= 0.6 is 0 Å². The van der Waals surface area contributed by atoms with Gasteiger partial charge in [-0.15, -0.1) is 0 Å². The van der Waals surface area contributed by atoms with Gasteiger partial charge in [-0.3, -0.25) is 4.79 Å². The van der Waals surface area contributed by atoms with Crippen LogP contribution in [0.5, 0.6) is 0 Å². The van der Waals surface area contributed by atoms with Crippen LogP contribution < -0.4 is 0 Å². The summed E-state index contributed by atoms with van der Waals surface area (Å²) in [5.41, 5.74) is 1.19. The maximum atomic E-state index is 10.4. The van der Waals surface area contributed by atoms with Crippen molar-refractivity contribution in [1.82, 2.24) is 9.97 Å². The Balaban J connectivity index is 2.06. The Morgan fingerprint density at radius 2 is 1.80 bits per heavy atom. The largest absolute Gasteiger partial charge is 0.294 e. The van der Waals surface area contributed by atoms with Crippen molar-refractivity contribution in [3.8, 4) is 0 Å². The summed E-state index contributed by atoms with van der Waals surface area (Å²) in [6.07, 6.45) is 9.33. The van der Waals surface area contributed by atoms with E-state index in [2.05, 4.69) is 16.9 Å². The quantitative estimate of drug-likeness (QED) is 0.695. The molecule has 1 aliphatic carbocycles. The van der Waals surface area contributed by atoms with Crippen molar-refractivity contribution in [1.29, 1.82) is 0 Å².